The Morgan fingerprint density at radius 3 is 2.60 bits per heavy atom. The molecule has 3 aliphatic rings. The monoisotopic (exact) mass is 477 g/mol. The van der Waals surface area contributed by atoms with Crippen molar-refractivity contribution in [1.29, 1.82) is 0 Å². The van der Waals surface area contributed by atoms with Gasteiger partial charge >= 0.3 is 6.09 Å². The molecule has 0 spiro atoms. The van der Waals surface area contributed by atoms with E-state index in [1.54, 1.807) is 18.1 Å². The molecule has 2 aromatic carbocycles. The number of nitrogens with zero attached hydrogens (tertiary/aromatic N) is 2. The quantitative estimate of drug-likeness (QED) is 0.584. The van der Waals surface area contributed by atoms with Gasteiger partial charge in [0.05, 0.1) is 24.9 Å². The van der Waals surface area contributed by atoms with Crippen molar-refractivity contribution in [2.45, 2.75) is 18.6 Å². The standard InChI is InChI=1S/C26H27N3O6/c1-32-19-5-2-16-3-7-25(30)29(21(16)11-19)22(17-13-27-14-17)12-20-15-28(26(31)35-20)18-4-6-23-24(10-18)34-9-8-33-23/h2-7,10-11,17,20,22,27H,8-9,12-15H2,1H3. The molecule has 4 heterocycles. The lowest BCUT2D eigenvalue weighted by Gasteiger charge is -2.37. The van der Waals surface area contributed by atoms with Gasteiger partial charge in [-0.25, -0.2) is 4.79 Å². The number of methoxy groups -OCH3 is 1. The van der Waals surface area contributed by atoms with E-state index < -0.39 is 6.09 Å². The van der Waals surface area contributed by atoms with Crippen LogP contribution in [-0.4, -0.2) is 56.7 Å². The summed E-state index contributed by atoms with van der Waals surface area (Å²) < 4.78 is 24.3. The minimum atomic E-state index is -0.399. The number of anilines is 1. The Morgan fingerprint density at radius 2 is 1.83 bits per heavy atom. The van der Waals surface area contributed by atoms with Gasteiger partial charge in [0.1, 0.15) is 25.1 Å². The zero-order chi connectivity index (χ0) is 23.9. The van der Waals surface area contributed by atoms with Gasteiger partial charge in [-0.3, -0.25) is 9.69 Å². The van der Waals surface area contributed by atoms with E-state index in [0.29, 0.717) is 49.1 Å². The van der Waals surface area contributed by atoms with Gasteiger partial charge in [0.2, 0.25) is 0 Å². The average molecular weight is 478 g/mol. The van der Waals surface area contributed by atoms with Crippen LogP contribution in [0.2, 0.25) is 0 Å². The number of benzene rings is 2. The van der Waals surface area contributed by atoms with Crippen molar-refractivity contribution < 1.29 is 23.7 Å². The molecule has 2 atom stereocenters. The van der Waals surface area contributed by atoms with Crippen LogP contribution in [0, 0.1) is 5.92 Å². The molecule has 0 radical (unpaired) electrons. The summed E-state index contributed by atoms with van der Waals surface area (Å²) in [5.41, 5.74) is 1.45. The molecule has 0 saturated carbocycles. The van der Waals surface area contributed by atoms with Crippen LogP contribution in [0.3, 0.4) is 0 Å². The molecule has 9 nitrogen and oxygen atoms in total. The second-order valence-corrected chi connectivity index (χ2v) is 9.13. The molecule has 1 aromatic heterocycles. The zero-order valence-electron chi connectivity index (χ0n) is 19.4. The number of carbonyl (C=O) groups excluding carboxylic acids is 1. The van der Waals surface area contributed by atoms with Gasteiger partial charge in [-0.05, 0) is 35.7 Å². The number of pyridine rings is 1. The topological polar surface area (TPSA) is 91.3 Å². The summed E-state index contributed by atoms with van der Waals surface area (Å²) in [4.78, 5) is 27.6. The van der Waals surface area contributed by atoms with E-state index in [1.165, 1.54) is 0 Å². The predicted octanol–water partition coefficient (Wildman–Crippen LogP) is 2.96. The second-order valence-electron chi connectivity index (χ2n) is 9.13. The number of hydrogen-bond acceptors (Lipinski definition) is 7. The number of cyclic esters (lactones) is 1. The number of amides is 1. The van der Waals surface area contributed by atoms with Crippen molar-refractivity contribution in [2.24, 2.45) is 5.92 Å². The maximum atomic E-state index is 13.1. The number of ether oxygens (including phenoxy) is 4. The van der Waals surface area contributed by atoms with E-state index in [2.05, 4.69) is 5.32 Å². The summed E-state index contributed by atoms with van der Waals surface area (Å²) >= 11 is 0. The van der Waals surface area contributed by atoms with E-state index in [0.717, 1.165) is 24.0 Å². The first-order valence-corrected chi connectivity index (χ1v) is 11.9. The molecular formula is C26H27N3O6. The second kappa shape index (κ2) is 8.81. The third-order valence-electron chi connectivity index (χ3n) is 7.04. The molecule has 1 N–H and O–H groups in total. The predicted molar refractivity (Wildman–Crippen MR) is 130 cm³/mol. The Kier molecular flexibility index (Phi) is 5.49. The molecular weight excluding hydrogens is 450 g/mol. The highest BCUT2D eigenvalue weighted by atomic mass is 16.6. The molecule has 2 unspecified atom stereocenters. The lowest BCUT2D eigenvalue weighted by atomic mass is 9.89. The van der Waals surface area contributed by atoms with Crippen molar-refractivity contribution in [3.05, 3.63) is 58.9 Å². The Hall–Kier alpha value is -3.72. The fourth-order valence-corrected chi connectivity index (χ4v) is 5.12. The Bertz CT molecular complexity index is 1330. The van der Waals surface area contributed by atoms with Gasteiger partial charge in [0.25, 0.3) is 5.56 Å². The Balaban J connectivity index is 1.30. The van der Waals surface area contributed by atoms with Gasteiger partial charge in [0.15, 0.2) is 11.5 Å². The first kappa shape index (κ1) is 21.8. The van der Waals surface area contributed by atoms with Crippen LogP contribution in [0.25, 0.3) is 10.9 Å². The van der Waals surface area contributed by atoms with Gasteiger partial charge in [-0.15, -0.1) is 0 Å². The van der Waals surface area contributed by atoms with Crippen LogP contribution < -0.4 is 30.0 Å². The molecule has 0 aliphatic carbocycles. The van der Waals surface area contributed by atoms with E-state index in [9.17, 15) is 9.59 Å². The van der Waals surface area contributed by atoms with Crippen LogP contribution in [0.4, 0.5) is 10.5 Å². The Morgan fingerprint density at radius 1 is 1.03 bits per heavy atom. The molecule has 182 valence electrons. The molecule has 2 fully saturated rings. The first-order chi connectivity index (χ1) is 17.1. The molecule has 3 aliphatic heterocycles. The largest absolute Gasteiger partial charge is 0.497 e. The highest BCUT2D eigenvalue weighted by Gasteiger charge is 2.38. The lowest BCUT2D eigenvalue weighted by molar-refractivity contribution is 0.108. The summed E-state index contributed by atoms with van der Waals surface area (Å²) in [6, 6.07) is 14.5. The normalized spacial score (nSPS) is 20.4. The summed E-state index contributed by atoms with van der Waals surface area (Å²) in [7, 11) is 1.62. The summed E-state index contributed by atoms with van der Waals surface area (Å²) in [5, 5.41) is 4.28. The number of fused-ring (bicyclic) bond motifs is 2. The van der Waals surface area contributed by atoms with Crippen molar-refractivity contribution in [1.82, 2.24) is 9.88 Å². The molecule has 0 bridgehead atoms. The summed E-state index contributed by atoms with van der Waals surface area (Å²) in [5.74, 6) is 2.25. The van der Waals surface area contributed by atoms with Crippen LogP contribution in [0.1, 0.15) is 12.5 Å². The third kappa shape index (κ3) is 3.95. The van der Waals surface area contributed by atoms with Crippen LogP contribution in [-0.2, 0) is 4.74 Å². The van der Waals surface area contributed by atoms with Gasteiger partial charge in [0, 0.05) is 49.7 Å². The molecule has 35 heavy (non-hydrogen) atoms. The van der Waals surface area contributed by atoms with Gasteiger partial charge < -0.3 is 28.8 Å². The van der Waals surface area contributed by atoms with Crippen molar-refractivity contribution in [3.63, 3.8) is 0 Å². The molecule has 9 heteroatoms. The Labute approximate surface area is 202 Å². The number of carbonyl (C=O) groups is 1. The van der Waals surface area contributed by atoms with Crippen molar-refractivity contribution in [2.75, 3.05) is 44.9 Å². The van der Waals surface area contributed by atoms with Crippen LogP contribution in [0.15, 0.2) is 53.3 Å². The SMILES string of the molecule is COc1ccc2ccc(=O)n(C(CC3CN(c4ccc5c(c4)OCCO5)C(=O)O3)C3CNC3)c2c1. The number of aromatic nitrogens is 1. The van der Waals surface area contributed by atoms with E-state index in [1.807, 2.05) is 47.0 Å². The lowest BCUT2D eigenvalue weighted by Crippen LogP contribution is -2.49. The van der Waals surface area contributed by atoms with E-state index in [-0.39, 0.29) is 23.6 Å². The maximum absolute atomic E-state index is 13.1. The average Bonchev–Trinajstić information content (AvgIpc) is 3.21. The summed E-state index contributed by atoms with van der Waals surface area (Å²) in [6.07, 6.45) is -0.215. The fraction of sp³-hybridized carbons (Fsp3) is 0.385. The molecule has 2 saturated heterocycles. The zero-order valence-corrected chi connectivity index (χ0v) is 19.4. The smallest absolute Gasteiger partial charge is 0.414 e. The van der Waals surface area contributed by atoms with Crippen LogP contribution >= 0.6 is 0 Å². The minimum Gasteiger partial charge on any atom is -0.497 e. The maximum Gasteiger partial charge on any atom is 0.414 e. The third-order valence-corrected chi connectivity index (χ3v) is 7.04. The highest BCUT2D eigenvalue weighted by Crippen LogP contribution is 2.37. The van der Waals surface area contributed by atoms with Gasteiger partial charge in [-0.1, -0.05) is 0 Å². The summed E-state index contributed by atoms with van der Waals surface area (Å²) in [6.45, 7) is 3.01. The van der Waals surface area contributed by atoms with Gasteiger partial charge in [-0.2, -0.15) is 0 Å². The molecule has 1 amide bonds. The van der Waals surface area contributed by atoms with E-state index in [4.69, 9.17) is 18.9 Å². The number of nitrogens with one attached hydrogen (secondary N) is 1. The minimum absolute atomic E-state index is 0.0735. The highest BCUT2D eigenvalue weighted by molar-refractivity contribution is 5.90. The van der Waals surface area contributed by atoms with Crippen LogP contribution in [0.5, 0.6) is 17.2 Å². The number of hydrogen-bond donors (Lipinski definition) is 1. The van der Waals surface area contributed by atoms with E-state index >= 15 is 0 Å². The number of rotatable bonds is 6. The van der Waals surface area contributed by atoms with Crippen molar-refractivity contribution >= 4 is 22.7 Å². The molecule has 6 rings (SSSR count). The molecule has 3 aromatic rings. The first-order valence-electron chi connectivity index (χ1n) is 11.9. The fourth-order valence-electron chi connectivity index (χ4n) is 5.12. The van der Waals surface area contributed by atoms with Crippen molar-refractivity contribution in [3.8, 4) is 17.2 Å².